The van der Waals surface area contributed by atoms with E-state index in [1.807, 2.05) is 0 Å². The van der Waals surface area contributed by atoms with Crippen LogP contribution in [0.1, 0.15) is 17.5 Å². The van der Waals surface area contributed by atoms with Gasteiger partial charge in [0.2, 0.25) is 5.91 Å². The number of nitrogens with zero attached hydrogens (tertiary/aromatic N) is 2. The molecule has 0 bridgehead atoms. The van der Waals surface area contributed by atoms with Crippen molar-refractivity contribution in [3.05, 3.63) is 77.6 Å². The van der Waals surface area contributed by atoms with Crippen molar-refractivity contribution in [1.82, 2.24) is 15.1 Å². The number of amides is 1. The Labute approximate surface area is 166 Å². The second-order valence-corrected chi connectivity index (χ2v) is 7.14. The third kappa shape index (κ3) is 6.91. The molecule has 2 aromatic carbocycles. The molecule has 3 rings (SSSR count). The Kier molecular flexibility index (Phi) is 7.76. The molecule has 0 atom stereocenters. The molecule has 28 heavy (non-hydrogen) atoms. The van der Waals surface area contributed by atoms with E-state index in [0.29, 0.717) is 12.1 Å². The lowest BCUT2D eigenvalue weighted by molar-refractivity contribution is -0.116. The zero-order valence-corrected chi connectivity index (χ0v) is 16.2. The second kappa shape index (κ2) is 10.7. The van der Waals surface area contributed by atoms with Crippen LogP contribution in [0.4, 0.5) is 4.39 Å². The lowest BCUT2D eigenvalue weighted by Gasteiger charge is -2.34. The number of piperazine rings is 1. The average molecular weight is 381 g/mol. The molecular weight excluding hydrogens is 353 g/mol. The SMILES string of the molecule is O=C(/C=C/c1cccc(F)c1)NCCCN1CCN(Cc2ccccc2)CC1. The standard InChI is InChI=1S/C23H28FN3O/c24-22-9-4-8-20(18-22)10-11-23(28)25-12-5-13-26-14-16-27(17-15-26)19-21-6-2-1-3-7-21/h1-4,6-11,18H,5,12-17,19H2,(H,25,28)/b11-10+. The van der Waals surface area contributed by atoms with Crippen LogP contribution in [0.5, 0.6) is 0 Å². The van der Waals surface area contributed by atoms with E-state index in [0.717, 1.165) is 45.7 Å². The van der Waals surface area contributed by atoms with Gasteiger partial charge in [-0.15, -0.1) is 0 Å². The van der Waals surface area contributed by atoms with Gasteiger partial charge >= 0.3 is 0 Å². The molecule has 2 aromatic rings. The van der Waals surface area contributed by atoms with Gasteiger partial charge in [-0.3, -0.25) is 9.69 Å². The van der Waals surface area contributed by atoms with Crippen LogP contribution in [0.25, 0.3) is 6.08 Å². The normalized spacial score (nSPS) is 15.8. The lowest BCUT2D eigenvalue weighted by Crippen LogP contribution is -2.46. The first-order valence-electron chi connectivity index (χ1n) is 9.89. The number of hydrogen-bond donors (Lipinski definition) is 1. The fraction of sp³-hybridized carbons (Fsp3) is 0.348. The Bertz CT molecular complexity index is 770. The Balaban J connectivity index is 1.28. The minimum Gasteiger partial charge on any atom is -0.353 e. The maximum atomic E-state index is 13.1. The van der Waals surface area contributed by atoms with Crippen LogP contribution in [0, 0.1) is 5.82 Å². The molecule has 0 radical (unpaired) electrons. The van der Waals surface area contributed by atoms with Gasteiger partial charge in [0.15, 0.2) is 0 Å². The Morgan fingerprint density at radius 1 is 1.00 bits per heavy atom. The summed E-state index contributed by atoms with van der Waals surface area (Å²) in [6.45, 7) is 6.96. The summed E-state index contributed by atoms with van der Waals surface area (Å²) in [6.07, 6.45) is 4.01. The summed E-state index contributed by atoms with van der Waals surface area (Å²) >= 11 is 0. The summed E-state index contributed by atoms with van der Waals surface area (Å²) < 4.78 is 13.1. The van der Waals surface area contributed by atoms with Crippen molar-refractivity contribution >= 4 is 12.0 Å². The molecular formula is C23H28FN3O. The van der Waals surface area contributed by atoms with Gasteiger partial charge < -0.3 is 10.2 Å². The van der Waals surface area contributed by atoms with Crippen LogP contribution >= 0.6 is 0 Å². The molecule has 4 nitrogen and oxygen atoms in total. The molecule has 1 saturated heterocycles. The number of rotatable bonds is 8. The minimum absolute atomic E-state index is 0.142. The molecule has 148 valence electrons. The van der Waals surface area contributed by atoms with Gasteiger partial charge in [-0.05, 0) is 42.3 Å². The van der Waals surface area contributed by atoms with E-state index in [1.165, 1.54) is 23.8 Å². The molecule has 1 fully saturated rings. The molecule has 0 saturated carbocycles. The molecule has 1 amide bonds. The fourth-order valence-corrected chi connectivity index (χ4v) is 3.37. The summed E-state index contributed by atoms with van der Waals surface area (Å²) in [5, 5.41) is 2.89. The third-order valence-electron chi connectivity index (χ3n) is 4.94. The van der Waals surface area contributed by atoms with Crippen molar-refractivity contribution in [2.24, 2.45) is 0 Å². The predicted molar refractivity (Wildman–Crippen MR) is 111 cm³/mol. The number of benzene rings is 2. The highest BCUT2D eigenvalue weighted by Crippen LogP contribution is 2.08. The van der Waals surface area contributed by atoms with Gasteiger partial charge in [0, 0.05) is 45.3 Å². The van der Waals surface area contributed by atoms with Crippen molar-refractivity contribution in [2.45, 2.75) is 13.0 Å². The van der Waals surface area contributed by atoms with Crippen molar-refractivity contribution in [3.63, 3.8) is 0 Å². The molecule has 1 aliphatic rings. The molecule has 0 unspecified atom stereocenters. The van der Waals surface area contributed by atoms with E-state index >= 15 is 0 Å². The quantitative estimate of drug-likeness (QED) is 0.564. The van der Waals surface area contributed by atoms with E-state index in [9.17, 15) is 9.18 Å². The van der Waals surface area contributed by atoms with E-state index in [-0.39, 0.29) is 11.7 Å². The molecule has 0 aromatic heterocycles. The zero-order valence-electron chi connectivity index (χ0n) is 16.2. The Morgan fingerprint density at radius 3 is 2.50 bits per heavy atom. The minimum atomic E-state index is -0.300. The largest absolute Gasteiger partial charge is 0.353 e. The van der Waals surface area contributed by atoms with Crippen LogP contribution in [0.3, 0.4) is 0 Å². The predicted octanol–water partition coefficient (Wildman–Crippen LogP) is 3.16. The van der Waals surface area contributed by atoms with Crippen LogP contribution in [0.2, 0.25) is 0 Å². The first-order valence-corrected chi connectivity index (χ1v) is 9.89. The number of carbonyl (C=O) groups is 1. The van der Waals surface area contributed by atoms with E-state index in [1.54, 1.807) is 18.2 Å². The highest BCUT2D eigenvalue weighted by Gasteiger charge is 2.16. The van der Waals surface area contributed by atoms with Gasteiger partial charge in [0.25, 0.3) is 0 Å². The summed E-state index contributed by atoms with van der Waals surface area (Å²) in [7, 11) is 0. The highest BCUT2D eigenvalue weighted by atomic mass is 19.1. The molecule has 1 heterocycles. The lowest BCUT2D eigenvalue weighted by atomic mass is 10.2. The second-order valence-electron chi connectivity index (χ2n) is 7.14. The monoisotopic (exact) mass is 381 g/mol. The van der Waals surface area contributed by atoms with Crippen LogP contribution in [-0.2, 0) is 11.3 Å². The topological polar surface area (TPSA) is 35.6 Å². The molecule has 1 N–H and O–H groups in total. The number of carbonyl (C=O) groups excluding carboxylic acids is 1. The smallest absolute Gasteiger partial charge is 0.243 e. The first-order chi connectivity index (χ1) is 13.7. The van der Waals surface area contributed by atoms with Gasteiger partial charge in [-0.2, -0.15) is 0 Å². The highest BCUT2D eigenvalue weighted by molar-refractivity contribution is 5.91. The van der Waals surface area contributed by atoms with Crippen LogP contribution < -0.4 is 5.32 Å². The molecule has 1 aliphatic heterocycles. The zero-order chi connectivity index (χ0) is 19.6. The van der Waals surface area contributed by atoms with Crippen molar-refractivity contribution in [2.75, 3.05) is 39.3 Å². The first kappa shape index (κ1) is 20.2. The number of hydrogen-bond acceptors (Lipinski definition) is 3. The van der Waals surface area contributed by atoms with Gasteiger partial charge in [-0.1, -0.05) is 42.5 Å². The van der Waals surface area contributed by atoms with E-state index in [2.05, 4.69) is 45.4 Å². The Morgan fingerprint density at radius 2 is 1.75 bits per heavy atom. The summed E-state index contributed by atoms with van der Waals surface area (Å²) in [5.74, 6) is -0.441. The molecule has 0 aliphatic carbocycles. The Hall–Kier alpha value is -2.50. The summed E-state index contributed by atoms with van der Waals surface area (Å²) in [5.41, 5.74) is 2.05. The van der Waals surface area contributed by atoms with Gasteiger partial charge in [0.05, 0.1) is 0 Å². The summed E-state index contributed by atoms with van der Waals surface area (Å²) in [4.78, 5) is 16.8. The van der Waals surface area contributed by atoms with Crippen molar-refractivity contribution in [1.29, 1.82) is 0 Å². The summed E-state index contributed by atoms with van der Waals surface area (Å²) in [6, 6.07) is 16.8. The maximum absolute atomic E-state index is 13.1. The van der Waals surface area contributed by atoms with Crippen LogP contribution in [-0.4, -0.2) is 55.0 Å². The maximum Gasteiger partial charge on any atom is 0.243 e. The van der Waals surface area contributed by atoms with Crippen LogP contribution in [0.15, 0.2) is 60.7 Å². The number of halogens is 1. The molecule has 5 heteroatoms. The fourth-order valence-electron chi connectivity index (χ4n) is 3.37. The van der Waals surface area contributed by atoms with Gasteiger partial charge in [0.1, 0.15) is 5.82 Å². The third-order valence-corrected chi connectivity index (χ3v) is 4.94. The number of nitrogens with one attached hydrogen (secondary N) is 1. The average Bonchev–Trinajstić information content (AvgIpc) is 2.72. The van der Waals surface area contributed by atoms with E-state index < -0.39 is 0 Å². The van der Waals surface area contributed by atoms with Crippen molar-refractivity contribution < 1.29 is 9.18 Å². The van der Waals surface area contributed by atoms with Gasteiger partial charge in [-0.25, -0.2) is 4.39 Å². The molecule has 0 spiro atoms. The van der Waals surface area contributed by atoms with Crippen molar-refractivity contribution in [3.8, 4) is 0 Å². The van der Waals surface area contributed by atoms with E-state index in [4.69, 9.17) is 0 Å².